The van der Waals surface area contributed by atoms with Crippen LogP contribution in [-0.2, 0) is 0 Å². The second kappa shape index (κ2) is 8.04. The molecule has 1 aliphatic carbocycles. The van der Waals surface area contributed by atoms with Gasteiger partial charge in [-0.3, -0.25) is 0 Å². The lowest BCUT2D eigenvalue weighted by atomic mass is 9.84. The van der Waals surface area contributed by atoms with E-state index in [-0.39, 0.29) is 5.54 Å². The van der Waals surface area contributed by atoms with Crippen molar-refractivity contribution in [3.63, 3.8) is 0 Å². The Balaban J connectivity index is 2.33. The molecule has 0 atom stereocenters. The largest absolute Gasteiger partial charge is 0.396 e. The summed E-state index contributed by atoms with van der Waals surface area (Å²) in [6.07, 6.45) is 11.1. The molecule has 0 aromatic rings. The molecule has 1 rings (SSSR count). The molecular formula is C13H28N2O. The number of hydrogen-bond acceptors (Lipinski definition) is 3. The third-order valence-corrected chi connectivity index (χ3v) is 3.79. The van der Waals surface area contributed by atoms with Crippen molar-refractivity contribution in [1.29, 1.82) is 0 Å². The fourth-order valence-electron chi connectivity index (χ4n) is 2.63. The zero-order valence-electron chi connectivity index (χ0n) is 10.5. The molecule has 3 nitrogen and oxygen atoms in total. The van der Waals surface area contributed by atoms with Crippen LogP contribution < -0.4 is 11.1 Å². The Morgan fingerprint density at radius 3 is 2.19 bits per heavy atom. The minimum Gasteiger partial charge on any atom is -0.396 e. The fraction of sp³-hybridized carbons (Fsp3) is 1.00. The molecule has 0 spiro atoms. The van der Waals surface area contributed by atoms with E-state index in [1.807, 2.05) is 0 Å². The van der Waals surface area contributed by atoms with Crippen molar-refractivity contribution in [2.45, 2.75) is 63.3 Å². The van der Waals surface area contributed by atoms with Gasteiger partial charge in [0.25, 0.3) is 0 Å². The van der Waals surface area contributed by atoms with E-state index in [4.69, 9.17) is 10.8 Å². The maximum absolute atomic E-state index is 8.75. The Morgan fingerprint density at radius 2 is 1.62 bits per heavy atom. The van der Waals surface area contributed by atoms with E-state index in [9.17, 15) is 0 Å². The van der Waals surface area contributed by atoms with E-state index >= 15 is 0 Å². The van der Waals surface area contributed by atoms with E-state index in [0.29, 0.717) is 6.61 Å². The zero-order chi connectivity index (χ0) is 11.7. The van der Waals surface area contributed by atoms with Crippen LogP contribution in [-0.4, -0.2) is 30.3 Å². The monoisotopic (exact) mass is 228 g/mol. The Bertz CT molecular complexity index is 165. The summed E-state index contributed by atoms with van der Waals surface area (Å²) < 4.78 is 0. The number of nitrogens with one attached hydrogen (secondary N) is 1. The van der Waals surface area contributed by atoms with Crippen LogP contribution >= 0.6 is 0 Å². The van der Waals surface area contributed by atoms with Crippen LogP contribution in [0.3, 0.4) is 0 Å². The number of nitrogens with two attached hydrogens (primary N) is 1. The second-order valence-electron chi connectivity index (χ2n) is 5.11. The number of unbranched alkanes of at least 4 members (excludes halogenated alkanes) is 1. The molecule has 16 heavy (non-hydrogen) atoms. The normalized spacial score (nSPS) is 21.4. The van der Waals surface area contributed by atoms with Crippen LogP contribution in [0.4, 0.5) is 0 Å². The Labute approximate surface area is 99.8 Å². The molecule has 0 saturated heterocycles. The highest BCUT2D eigenvalue weighted by Gasteiger charge is 2.27. The zero-order valence-corrected chi connectivity index (χ0v) is 10.5. The quantitative estimate of drug-likeness (QED) is 0.608. The van der Waals surface area contributed by atoms with Crippen molar-refractivity contribution in [2.75, 3.05) is 19.7 Å². The molecule has 96 valence electrons. The molecule has 0 bridgehead atoms. The molecule has 1 aliphatic rings. The van der Waals surface area contributed by atoms with Gasteiger partial charge in [0.05, 0.1) is 0 Å². The minimum absolute atomic E-state index is 0.190. The Hall–Kier alpha value is -0.120. The standard InChI is InChI=1S/C13H28N2O/c14-12-13(15-10-6-7-11-16)8-4-2-1-3-5-9-13/h15-16H,1-12,14H2. The molecule has 0 amide bonds. The third kappa shape index (κ3) is 4.81. The first-order valence-electron chi connectivity index (χ1n) is 6.89. The second-order valence-corrected chi connectivity index (χ2v) is 5.11. The first kappa shape index (κ1) is 13.9. The summed E-state index contributed by atoms with van der Waals surface area (Å²) in [7, 11) is 0. The Kier molecular flexibility index (Phi) is 7.01. The lowest BCUT2D eigenvalue weighted by molar-refractivity contribution is 0.245. The number of rotatable bonds is 6. The molecule has 0 aliphatic heterocycles. The molecule has 1 fully saturated rings. The van der Waals surface area contributed by atoms with Crippen molar-refractivity contribution in [2.24, 2.45) is 5.73 Å². The van der Waals surface area contributed by atoms with Gasteiger partial charge >= 0.3 is 0 Å². The van der Waals surface area contributed by atoms with Crippen molar-refractivity contribution >= 4 is 0 Å². The summed E-state index contributed by atoms with van der Waals surface area (Å²) in [5, 5.41) is 12.4. The summed E-state index contributed by atoms with van der Waals surface area (Å²) >= 11 is 0. The van der Waals surface area contributed by atoms with Gasteiger partial charge < -0.3 is 16.2 Å². The van der Waals surface area contributed by atoms with E-state index in [2.05, 4.69) is 5.32 Å². The van der Waals surface area contributed by atoms with E-state index in [1.165, 1.54) is 44.9 Å². The van der Waals surface area contributed by atoms with Crippen LogP contribution in [0, 0.1) is 0 Å². The first-order chi connectivity index (χ1) is 7.83. The third-order valence-electron chi connectivity index (χ3n) is 3.79. The van der Waals surface area contributed by atoms with Crippen molar-refractivity contribution in [3.8, 4) is 0 Å². The molecule has 0 radical (unpaired) electrons. The maximum atomic E-state index is 8.75. The van der Waals surface area contributed by atoms with Gasteiger partial charge in [0.1, 0.15) is 0 Å². The summed E-state index contributed by atoms with van der Waals surface area (Å²) in [5.41, 5.74) is 6.15. The lowest BCUT2D eigenvalue weighted by Gasteiger charge is -2.35. The van der Waals surface area contributed by atoms with Crippen LogP contribution in [0.5, 0.6) is 0 Å². The average Bonchev–Trinajstić information content (AvgIpc) is 2.27. The molecule has 0 aromatic carbocycles. The van der Waals surface area contributed by atoms with E-state index in [1.54, 1.807) is 0 Å². The van der Waals surface area contributed by atoms with Crippen LogP contribution in [0.15, 0.2) is 0 Å². The highest BCUT2D eigenvalue weighted by molar-refractivity contribution is 4.89. The summed E-state index contributed by atoms with van der Waals surface area (Å²) in [4.78, 5) is 0. The van der Waals surface area contributed by atoms with Crippen LogP contribution in [0.25, 0.3) is 0 Å². The SMILES string of the molecule is NCC1(NCCCCO)CCCCCCC1. The number of aliphatic hydroxyl groups is 1. The van der Waals surface area contributed by atoms with Crippen LogP contribution in [0.1, 0.15) is 57.8 Å². The topological polar surface area (TPSA) is 58.3 Å². The minimum atomic E-state index is 0.190. The summed E-state index contributed by atoms with van der Waals surface area (Å²) in [5.74, 6) is 0. The lowest BCUT2D eigenvalue weighted by Crippen LogP contribution is -2.51. The van der Waals surface area contributed by atoms with E-state index in [0.717, 1.165) is 25.9 Å². The van der Waals surface area contributed by atoms with Crippen molar-refractivity contribution < 1.29 is 5.11 Å². The molecule has 1 saturated carbocycles. The van der Waals surface area contributed by atoms with E-state index < -0.39 is 0 Å². The summed E-state index contributed by atoms with van der Waals surface area (Å²) in [6, 6.07) is 0. The van der Waals surface area contributed by atoms with Gasteiger partial charge in [-0.25, -0.2) is 0 Å². The van der Waals surface area contributed by atoms with Gasteiger partial charge in [-0.05, 0) is 32.2 Å². The molecular weight excluding hydrogens is 200 g/mol. The molecule has 4 N–H and O–H groups in total. The highest BCUT2D eigenvalue weighted by atomic mass is 16.2. The van der Waals surface area contributed by atoms with Crippen molar-refractivity contribution in [3.05, 3.63) is 0 Å². The van der Waals surface area contributed by atoms with Gasteiger partial charge in [0.15, 0.2) is 0 Å². The Morgan fingerprint density at radius 1 is 1.00 bits per heavy atom. The molecule has 3 heteroatoms. The van der Waals surface area contributed by atoms with Gasteiger partial charge in [0, 0.05) is 18.7 Å². The first-order valence-corrected chi connectivity index (χ1v) is 6.89. The highest BCUT2D eigenvalue weighted by Crippen LogP contribution is 2.25. The van der Waals surface area contributed by atoms with Crippen molar-refractivity contribution in [1.82, 2.24) is 5.32 Å². The van der Waals surface area contributed by atoms with Crippen LogP contribution in [0.2, 0.25) is 0 Å². The van der Waals surface area contributed by atoms with Gasteiger partial charge in [0.2, 0.25) is 0 Å². The average molecular weight is 228 g/mol. The number of aliphatic hydroxyl groups excluding tert-OH is 1. The summed E-state index contributed by atoms with van der Waals surface area (Å²) in [6.45, 7) is 2.06. The fourth-order valence-corrected chi connectivity index (χ4v) is 2.63. The molecule has 0 heterocycles. The van der Waals surface area contributed by atoms with Gasteiger partial charge in [-0.1, -0.05) is 32.1 Å². The molecule has 0 unspecified atom stereocenters. The van der Waals surface area contributed by atoms with Gasteiger partial charge in [-0.15, -0.1) is 0 Å². The van der Waals surface area contributed by atoms with Gasteiger partial charge in [-0.2, -0.15) is 0 Å². The molecule has 0 aromatic heterocycles. The predicted molar refractivity (Wildman–Crippen MR) is 68.4 cm³/mol. The predicted octanol–water partition coefficient (Wildman–Crippen LogP) is 1.79. The smallest absolute Gasteiger partial charge is 0.0431 e. The number of hydrogen-bond donors (Lipinski definition) is 3. The maximum Gasteiger partial charge on any atom is 0.0431 e.